The molecule has 0 bridgehead atoms. The molecule has 0 spiro atoms. The van der Waals surface area contributed by atoms with E-state index in [9.17, 15) is 18.0 Å². The second-order valence-corrected chi connectivity index (χ2v) is 8.44. The summed E-state index contributed by atoms with van der Waals surface area (Å²) in [6, 6.07) is 22.6. The Balaban J connectivity index is 1.54. The van der Waals surface area contributed by atoms with Crippen molar-refractivity contribution < 1.29 is 27.5 Å². The molecule has 0 aliphatic rings. The third-order valence-electron chi connectivity index (χ3n) is 4.43. The minimum Gasteiger partial charge on any atom is -0.458 e. The number of nitrogens with zero attached hydrogens (tertiary/aromatic N) is 1. The van der Waals surface area contributed by atoms with Crippen LogP contribution in [0.4, 0.5) is 5.69 Å². The normalized spacial score (nSPS) is 10.9. The molecule has 0 unspecified atom stereocenters. The van der Waals surface area contributed by atoms with Crippen molar-refractivity contribution in [1.29, 1.82) is 0 Å². The molecular weight excluding hydrogens is 418 g/mol. The first-order valence-corrected chi connectivity index (χ1v) is 10.9. The highest BCUT2D eigenvalue weighted by molar-refractivity contribution is 7.92. The summed E-state index contributed by atoms with van der Waals surface area (Å²) in [6.45, 7) is -0.206. The first-order chi connectivity index (χ1) is 14.9. The van der Waals surface area contributed by atoms with Crippen LogP contribution in [0.5, 0.6) is 0 Å². The van der Waals surface area contributed by atoms with Crippen LogP contribution >= 0.6 is 0 Å². The third kappa shape index (κ3) is 5.49. The van der Waals surface area contributed by atoms with Gasteiger partial charge in [-0.05, 0) is 48.5 Å². The number of hydrogen-bond donors (Lipinski definition) is 0. The molecule has 0 heterocycles. The standard InChI is InChI=1S/C23H21NO6S/c1-24(20-10-6-3-7-11-20)31(27,28)21-14-12-19(13-15-21)23(26)30-17-16-29-22(25)18-8-4-2-5-9-18/h2-15H,16-17H2,1H3. The van der Waals surface area contributed by atoms with Crippen molar-refractivity contribution >= 4 is 27.6 Å². The Morgan fingerprint density at radius 1 is 0.710 bits per heavy atom. The molecule has 3 rings (SSSR count). The van der Waals surface area contributed by atoms with E-state index in [2.05, 4.69) is 0 Å². The number of sulfonamides is 1. The maximum absolute atomic E-state index is 12.8. The zero-order valence-corrected chi connectivity index (χ0v) is 17.6. The quantitative estimate of drug-likeness (QED) is 0.394. The van der Waals surface area contributed by atoms with E-state index in [1.54, 1.807) is 60.7 Å². The lowest BCUT2D eigenvalue weighted by atomic mass is 10.2. The molecular formula is C23H21NO6S. The molecule has 0 saturated carbocycles. The molecule has 0 aromatic heterocycles. The minimum absolute atomic E-state index is 0.0483. The van der Waals surface area contributed by atoms with E-state index in [0.717, 1.165) is 0 Å². The van der Waals surface area contributed by atoms with Crippen molar-refractivity contribution in [2.24, 2.45) is 0 Å². The van der Waals surface area contributed by atoms with Crippen LogP contribution in [0.15, 0.2) is 89.8 Å². The van der Waals surface area contributed by atoms with Gasteiger partial charge in [0.2, 0.25) is 0 Å². The van der Waals surface area contributed by atoms with E-state index in [0.29, 0.717) is 11.3 Å². The molecule has 0 atom stereocenters. The van der Waals surface area contributed by atoms with Gasteiger partial charge < -0.3 is 9.47 Å². The topological polar surface area (TPSA) is 90.0 Å². The van der Waals surface area contributed by atoms with E-state index >= 15 is 0 Å². The summed E-state index contributed by atoms with van der Waals surface area (Å²) >= 11 is 0. The number of anilines is 1. The van der Waals surface area contributed by atoms with E-state index < -0.39 is 22.0 Å². The highest BCUT2D eigenvalue weighted by Crippen LogP contribution is 2.22. The predicted octanol–water partition coefficient (Wildman–Crippen LogP) is 3.53. The Labute approximate surface area is 180 Å². The van der Waals surface area contributed by atoms with Crippen LogP contribution in [0.2, 0.25) is 0 Å². The first kappa shape index (κ1) is 22.0. The first-order valence-electron chi connectivity index (χ1n) is 9.43. The summed E-state index contributed by atoms with van der Waals surface area (Å²) in [7, 11) is -2.31. The molecule has 0 fully saturated rings. The van der Waals surface area contributed by atoms with Crippen LogP contribution in [0, 0.1) is 0 Å². The summed E-state index contributed by atoms with van der Waals surface area (Å²) in [5.41, 5.74) is 1.12. The highest BCUT2D eigenvalue weighted by Gasteiger charge is 2.21. The highest BCUT2D eigenvalue weighted by atomic mass is 32.2. The minimum atomic E-state index is -3.77. The molecule has 3 aromatic carbocycles. The van der Waals surface area contributed by atoms with Gasteiger partial charge in [-0.15, -0.1) is 0 Å². The van der Waals surface area contributed by atoms with Crippen LogP contribution in [0.25, 0.3) is 0 Å². The lowest BCUT2D eigenvalue weighted by Gasteiger charge is -2.19. The fourth-order valence-corrected chi connectivity index (χ4v) is 3.90. The van der Waals surface area contributed by atoms with Gasteiger partial charge in [-0.3, -0.25) is 4.31 Å². The second kappa shape index (κ2) is 9.90. The van der Waals surface area contributed by atoms with Crippen LogP contribution in [-0.2, 0) is 19.5 Å². The average molecular weight is 439 g/mol. The van der Waals surface area contributed by atoms with Gasteiger partial charge in [-0.25, -0.2) is 18.0 Å². The van der Waals surface area contributed by atoms with Crippen LogP contribution in [-0.4, -0.2) is 40.6 Å². The maximum Gasteiger partial charge on any atom is 0.338 e. The Morgan fingerprint density at radius 3 is 1.68 bits per heavy atom. The molecule has 0 amide bonds. The van der Waals surface area contributed by atoms with Crippen LogP contribution in [0.3, 0.4) is 0 Å². The third-order valence-corrected chi connectivity index (χ3v) is 6.23. The van der Waals surface area contributed by atoms with Gasteiger partial charge >= 0.3 is 11.9 Å². The van der Waals surface area contributed by atoms with E-state index in [1.165, 1.54) is 35.6 Å². The number of carbonyl (C=O) groups excluding carboxylic acids is 2. The fraction of sp³-hybridized carbons (Fsp3) is 0.130. The molecule has 0 aliphatic carbocycles. The molecule has 0 radical (unpaired) electrons. The van der Waals surface area contributed by atoms with Crippen molar-refractivity contribution in [3.63, 3.8) is 0 Å². The SMILES string of the molecule is CN(c1ccccc1)S(=O)(=O)c1ccc(C(=O)OCCOC(=O)c2ccccc2)cc1. The van der Waals surface area contributed by atoms with Crippen LogP contribution in [0.1, 0.15) is 20.7 Å². The summed E-state index contributed by atoms with van der Waals surface area (Å²) in [6.07, 6.45) is 0. The zero-order valence-electron chi connectivity index (χ0n) is 16.8. The van der Waals surface area contributed by atoms with Crippen molar-refractivity contribution in [2.45, 2.75) is 4.90 Å². The van der Waals surface area contributed by atoms with Crippen molar-refractivity contribution in [3.8, 4) is 0 Å². The van der Waals surface area contributed by atoms with Crippen LogP contribution < -0.4 is 4.31 Å². The Kier molecular flexibility index (Phi) is 7.04. The van der Waals surface area contributed by atoms with Gasteiger partial charge in [0, 0.05) is 7.05 Å². The molecule has 8 heteroatoms. The Bertz CT molecular complexity index is 1130. The van der Waals surface area contributed by atoms with Crippen molar-refractivity contribution in [2.75, 3.05) is 24.6 Å². The summed E-state index contributed by atoms with van der Waals surface area (Å²) < 4.78 is 36.8. The number of esters is 2. The van der Waals surface area contributed by atoms with E-state index in [4.69, 9.17) is 9.47 Å². The Hall–Kier alpha value is -3.65. The van der Waals surface area contributed by atoms with Crippen molar-refractivity contribution in [3.05, 3.63) is 96.1 Å². The zero-order chi connectivity index (χ0) is 22.3. The largest absolute Gasteiger partial charge is 0.458 e. The van der Waals surface area contributed by atoms with Gasteiger partial charge in [0.25, 0.3) is 10.0 Å². The van der Waals surface area contributed by atoms with Gasteiger partial charge in [-0.2, -0.15) is 0 Å². The summed E-state index contributed by atoms with van der Waals surface area (Å²) in [5.74, 6) is -1.15. The molecule has 0 N–H and O–H groups in total. The number of carbonyl (C=O) groups is 2. The molecule has 7 nitrogen and oxygen atoms in total. The predicted molar refractivity (Wildman–Crippen MR) is 115 cm³/mol. The van der Waals surface area contributed by atoms with E-state index in [-0.39, 0.29) is 23.7 Å². The van der Waals surface area contributed by atoms with Gasteiger partial charge in [0.15, 0.2) is 0 Å². The summed E-state index contributed by atoms with van der Waals surface area (Å²) in [4.78, 5) is 24.0. The maximum atomic E-state index is 12.8. The number of ether oxygens (including phenoxy) is 2. The smallest absolute Gasteiger partial charge is 0.338 e. The fourth-order valence-electron chi connectivity index (χ4n) is 2.71. The van der Waals surface area contributed by atoms with Crippen molar-refractivity contribution in [1.82, 2.24) is 0 Å². The monoisotopic (exact) mass is 439 g/mol. The number of para-hydroxylation sites is 1. The number of benzene rings is 3. The summed E-state index contributed by atoms with van der Waals surface area (Å²) in [5, 5.41) is 0. The van der Waals surface area contributed by atoms with Gasteiger partial charge in [-0.1, -0.05) is 36.4 Å². The number of rotatable bonds is 8. The number of hydrogen-bond acceptors (Lipinski definition) is 6. The molecule has 0 aliphatic heterocycles. The van der Waals surface area contributed by atoms with Gasteiger partial charge in [0.05, 0.1) is 21.7 Å². The molecule has 160 valence electrons. The lowest BCUT2D eigenvalue weighted by Crippen LogP contribution is -2.26. The van der Waals surface area contributed by atoms with Gasteiger partial charge in [0.1, 0.15) is 13.2 Å². The second-order valence-electron chi connectivity index (χ2n) is 6.47. The van der Waals surface area contributed by atoms with E-state index in [1.807, 2.05) is 0 Å². The Morgan fingerprint density at radius 2 is 1.16 bits per heavy atom. The molecule has 0 saturated heterocycles. The molecule has 31 heavy (non-hydrogen) atoms. The lowest BCUT2D eigenvalue weighted by molar-refractivity contribution is 0.0265. The molecule has 3 aromatic rings. The average Bonchev–Trinajstić information content (AvgIpc) is 2.82.